The molecule has 0 spiro atoms. The van der Waals surface area contributed by atoms with E-state index in [1.165, 1.54) is 12.1 Å². The van der Waals surface area contributed by atoms with Gasteiger partial charge < -0.3 is 5.32 Å². The topological polar surface area (TPSA) is 36.8 Å². The minimum absolute atomic E-state index is 0.243. The molecule has 0 aliphatic carbocycles. The van der Waals surface area contributed by atoms with E-state index in [0.29, 0.717) is 11.8 Å². The Labute approximate surface area is 113 Å². The summed E-state index contributed by atoms with van der Waals surface area (Å²) in [4.78, 5) is 9.35. The molecule has 0 saturated heterocycles. The van der Waals surface area contributed by atoms with Crippen molar-refractivity contribution in [2.45, 2.75) is 33.4 Å². The van der Waals surface area contributed by atoms with Crippen molar-refractivity contribution in [1.82, 2.24) is 5.32 Å². The van der Waals surface area contributed by atoms with Gasteiger partial charge in [-0.2, -0.15) is 0 Å². The molecular formula is C15H20FN3. The first-order valence-electron chi connectivity index (χ1n) is 6.61. The van der Waals surface area contributed by atoms with Crippen LogP contribution in [-0.2, 0) is 0 Å². The minimum Gasteiger partial charge on any atom is -0.331 e. The van der Waals surface area contributed by atoms with Gasteiger partial charge in [0.15, 0.2) is 5.66 Å². The van der Waals surface area contributed by atoms with Crippen LogP contribution in [0.3, 0.4) is 0 Å². The van der Waals surface area contributed by atoms with Crippen molar-refractivity contribution in [2.24, 2.45) is 21.8 Å². The number of aliphatic imine (C=N–C) groups is 2. The first kappa shape index (κ1) is 13.7. The zero-order chi connectivity index (χ0) is 14.0. The number of benzene rings is 1. The molecule has 0 atom stereocenters. The van der Waals surface area contributed by atoms with E-state index < -0.39 is 5.66 Å². The van der Waals surface area contributed by atoms with Crippen LogP contribution in [-0.4, -0.2) is 17.8 Å². The van der Waals surface area contributed by atoms with Gasteiger partial charge in [0, 0.05) is 5.56 Å². The van der Waals surface area contributed by atoms with Gasteiger partial charge in [-0.05, 0) is 36.1 Å². The Morgan fingerprint density at radius 1 is 1.05 bits per heavy atom. The second-order valence-electron chi connectivity index (χ2n) is 5.46. The molecule has 0 fully saturated rings. The molecular weight excluding hydrogens is 241 g/mol. The van der Waals surface area contributed by atoms with Crippen LogP contribution in [0.25, 0.3) is 0 Å². The van der Waals surface area contributed by atoms with Crippen LogP contribution >= 0.6 is 0 Å². The Morgan fingerprint density at radius 3 is 2.16 bits per heavy atom. The predicted molar refractivity (Wildman–Crippen MR) is 77.0 cm³/mol. The summed E-state index contributed by atoms with van der Waals surface area (Å²) in [6.45, 7) is 8.48. The number of amidine groups is 1. The summed E-state index contributed by atoms with van der Waals surface area (Å²) in [5.74, 6) is 1.09. The lowest BCUT2D eigenvalue weighted by Crippen LogP contribution is -2.44. The van der Waals surface area contributed by atoms with Crippen LogP contribution in [0.4, 0.5) is 4.39 Å². The van der Waals surface area contributed by atoms with Crippen LogP contribution in [0.15, 0.2) is 34.3 Å². The number of nitrogens with one attached hydrogen (secondary N) is 1. The first-order chi connectivity index (χ1) is 8.95. The molecule has 0 bridgehead atoms. The van der Waals surface area contributed by atoms with Crippen molar-refractivity contribution >= 4 is 12.2 Å². The number of halogens is 1. The van der Waals surface area contributed by atoms with E-state index >= 15 is 0 Å². The Morgan fingerprint density at radius 2 is 1.63 bits per heavy atom. The third-order valence-electron chi connectivity index (χ3n) is 3.58. The highest BCUT2D eigenvalue weighted by atomic mass is 19.1. The number of nitrogens with zero attached hydrogens (tertiary/aromatic N) is 2. The van der Waals surface area contributed by atoms with Gasteiger partial charge in [0.05, 0.1) is 6.34 Å². The zero-order valence-corrected chi connectivity index (χ0v) is 11.8. The molecule has 2 rings (SSSR count). The molecule has 0 saturated carbocycles. The lowest BCUT2D eigenvalue weighted by molar-refractivity contribution is 0.237. The second kappa shape index (κ2) is 5.11. The van der Waals surface area contributed by atoms with Gasteiger partial charge in [-0.1, -0.05) is 27.7 Å². The van der Waals surface area contributed by atoms with Gasteiger partial charge in [0.2, 0.25) is 0 Å². The number of rotatable bonds is 3. The molecule has 3 nitrogen and oxygen atoms in total. The average molecular weight is 261 g/mol. The fraction of sp³-hybridized carbons (Fsp3) is 0.467. The maximum absolute atomic E-state index is 13.0. The molecule has 19 heavy (non-hydrogen) atoms. The smallest absolute Gasteiger partial charge is 0.158 e. The third-order valence-corrected chi connectivity index (χ3v) is 3.58. The number of hydrogen-bond donors (Lipinski definition) is 1. The molecule has 0 radical (unpaired) electrons. The van der Waals surface area contributed by atoms with Crippen LogP contribution in [0.1, 0.15) is 33.3 Å². The Balaban J connectivity index is 2.42. The van der Waals surface area contributed by atoms with Gasteiger partial charge in [-0.25, -0.2) is 14.4 Å². The van der Waals surface area contributed by atoms with Gasteiger partial charge >= 0.3 is 0 Å². The summed E-state index contributed by atoms with van der Waals surface area (Å²) in [5, 5.41) is 3.06. The Hall–Kier alpha value is -1.71. The largest absolute Gasteiger partial charge is 0.331 e. The summed E-state index contributed by atoms with van der Waals surface area (Å²) in [6.07, 6.45) is 1.70. The molecule has 1 aliphatic rings. The van der Waals surface area contributed by atoms with Crippen LogP contribution in [0, 0.1) is 17.7 Å². The van der Waals surface area contributed by atoms with Crippen molar-refractivity contribution in [3.8, 4) is 0 Å². The van der Waals surface area contributed by atoms with E-state index in [-0.39, 0.29) is 5.82 Å². The van der Waals surface area contributed by atoms with Crippen molar-refractivity contribution in [3.05, 3.63) is 35.6 Å². The highest BCUT2D eigenvalue weighted by Crippen LogP contribution is 2.33. The van der Waals surface area contributed by atoms with Gasteiger partial charge in [-0.15, -0.1) is 0 Å². The molecule has 1 aliphatic heterocycles. The van der Waals surface area contributed by atoms with Gasteiger partial charge in [0.25, 0.3) is 0 Å². The highest BCUT2D eigenvalue weighted by molar-refractivity contribution is 6.05. The second-order valence-corrected chi connectivity index (χ2v) is 5.46. The summed E-state index contributed by atoms with van der Waals surface area (Å²) in [7, 11) is 0. The van der Waals surface area contributed by atoms with Crippen molar-refractivity contribution in [2.75, 3.05) is 0 Å². The first-order valence-corrected chi connectivity index (χ1v) is 6.61. The quantitative estimate of drug-likeness (QED) is 0.891. The monoisotopic (exact) mass is 261 g/mol. The van der Waals surface area contributed by atoms with E-state index in [1.807, 2.05) is 0 Å². The molecule has 0 amide bonds. The summed E-state index contributed by atoms with van der Waals surface area (Å²) < 4.78 is 13.0. The summed E-state index contributed by atoms with van der Waals surface area (Å²) in [6, 6.07) is 6.34. The van der Waals surface area contributed by atoms with Crippen molar-refractivity contribution in [1.29, 1.82) is 0 Å². The maximum atomic E-state index is 13.0. The molecule has 102 valence electrons. The van der Waals surface area contributed by atoms with Crippen LogP contribution in [0.5, 0.6) is 0 Å². The van der Waals surface area contributed by atoms with E-state index in [2.05, 4.69) is 38.0 Å². The van der Waals surface area contributed by atoms with Crippen LogP contribution in [0.2, 0.25) is 0 Å². The standard InChI is InChI=1S/C15H20FN3/c1-10(2)15(11(3)4)18-9-17-14(19-15)12-5-7-13(16)8-6-12/h5-11H,1-4H3,(H,17,18,19). The van der Waals surface area contributed by atoms with Crippen LogP contribution < -0.4 is 5.32 Å². The van der Waals surface area contributed by atoms with Crippen molar-refractivity contribution < 1.29 is 4.39 Å². The minimum atomic E-state index is -0.449. The van der Waals surface area contributed by atoms with E-state index in [1.54, 1.807) is 18.5 Å². The molecule has 1 aromatic rings. The molecule has 1 aromatic carbocycles. The normalized spacial score (nSPS) is 17.5. The lowest BCUT2D eigenvalue weighted by Gasteiger charge is -2.36. The summed E-state index contributed by atoms with van der Waals surface area (Å²) >= 11 is 0. The predicted octanol–water partition coefficient (Wildman–Crippen LogP) is 3.21. The number of hydrogen-bond acceptors (Lipinski definition) is 3. The fourth-order valence-corrected chi connectivity index (χ4v) is 2.42. The summed E-state index contributed by atoms with van der Waals surface area (Å²) in [5.41, 5.74) is 0.424. The Bertz CT molecular complexity index is 493. The van der Waals surface area contributed by atoms with Gasteiger partial charge in [-0.3, -0.25) is 0 Å². The van der Waals surface area contributed by atoms with E-state index in [9.17, 15) is 4.39 Å². The van der Waals surface area contributed by atoms with E-state index in [0.717, 1.165) is 11.4 Å². The van der Waals surface area contributed by atoms with Gasteiger partial charge in [0.1, 0.15) is 11.7 Å². The molecule has 1 N–H and O–H groups in total. The highest BCUT2D eigenvalue weighted by Gasteiger charge is 2.38. The average Bonchev–Trinajstić information content (AvgIpc) is 2.39. The third kappa shape index (κ3) is 2.53. The Kier molecular flexibility index (Phi) is 3.69. The van der Waals surface area contributed by atoms with Crippen molar-refractivity contribution in [3.63, 3.8) is 0 Å². The maximum Gasteiger partial charge on any atom is 0.158 e. The zero-order valence-electron chi connectivity index (χ0n) is 11.8. The molecule has 0 unspecified atom stereocenters. The SMILES string of the molecule is CC(C)C1(C(C)C)N=CNC(c2ccc(F)cc2)=N1. The molecule has 4 heteroatoms. The molecule has 0 aromatic heterocycles. The van der Waals surface area contributed by atoms with E-state index in [4.69, 9.17) is 4.99 Å². The molecule has 1 heterocycles. The fourth-order valence-electron chi connectivity index (χ4n) is 2.42. The lowest BCUT2D eigenvalue weighted by atomic mass is 9.85.